The van der Waals surface area contributed by atoms with Crippen molar-refractivity contribution in [1.82, 2.24) is 30.7 Å². The molecular formula is C35H42N6O14. The highest BCUT2D eigenvalue weighted by Gasteiger charge is 2.53. The van der Waals surface area contributed by atoms with Gasteiger partial charge in [0.1, 0.15) is 48.4 Å². The van der Waals surface area contributed by atoms with Crippen molar-refractivity contribution < 1.29 is 68.4 Å². The Hall–Kier alpha value is -4.77. The topological polar surface area (TPSA) is 292 Å². The molecule has 5 rings (SSSR count). The summed E-state index contributed by atoms with van der Waals surface area (Å²) in [5.41, 5.74) is 1.48. The first kappa shape index (κ1) is 41.4. The van der Waals surface area contributed by atoms with Crippen molar-refractivity contribution in [3.05, 3.63) is 54.2 Å². The third kappa shape index (κ3) is 10.1. The SMILES string of the molecule is COC1OC(C(=O)CCCNC(=O)CCCC(=O)c2ccc(-c3nnc(-c4ccccc4)nn3)nc2)C(OC2OC(C(=O)O)C(OC)C(O)C2O)C(O)C1O. The third-order valence-electron chi connectivity index (χ3n) is 9.00. The predicted molar refractivity (Wildman–Crippen MR) is 183 cm³/mol. The number of hydrogen-bond donors (Lipinski definition) is 6. The fourth-order valence-electron chi connectivity index (χ4n) is 6.01. The number of aliphatic carboxylic acids is 1. The van der Waals surface area contributed by atoms with E-state index in [4.69, 9.17) is 23.7 Å². The third-order valence-corrected chi connectivity index (χ3v) is 9.00. The van der Waals surface area contributed by atoms with Crippen LogP contribution in [-0.2, 0) is 38.1 Å². The van der Waals surface area contributed by atoms with E-state index in [1.54, 1.807) is 12.1 Å². The van der Waals surface area contributed by atoms with Crippen LogP contribution in [0.2, 0.25) is 0 Å². The number of carbonyl (C=O) groups is 4. The van der Waals surface area contributed by atoms with Gasteiger partial charge in [-0.15, -0.1) is 20.4 Å². The second-order valence-electron chi connectivity index (χ2n) is 12.7. The van der Waals surface area contributed by atoms with Crippen LogP contribution in [-0.4, -0.2) is 157 Å². The lowest BCUT2D eigenvalue weighted by Crippen LogP contribution is -2.65. The van der Waals surface area contributed by atoms with Crippen molar-refractivity contribution in [2.75, 3.05) is 20.8 Å². The highest BCUT2D eigenvalue weighted by molar-refractivity contribution is 5.96. The van der Waals surface area contributed by atoms with Gasteiger partial charge in [-0.2, -0.15) is 0 Å². The van der Waals surface area contributed by atoms with E-state index in [-0.39, 0.29) is 56.2 Å². The first-order valence-electron chi connectivity index (χ1n) is 17.3. The zero-order valence-electron chi connectivity index (χ0n) is 29.8. The van der Waals surface area contributed by atoms with E-state index in [9.17, 15) is 44.7 Å². The molecule has 0 bridgehead atoms. The molecule has 296 valence electrons. The van der Waals surface area contributed by atoms with Crippen molar-refractivity contribution >= 4 is 23.4 Å². The highest BCUT2D eigenvalue weighted by atomic mass is 16.7. The van der Waals surface area contributed by atoms with Crippen LogP contribution in [0.15, 0.2) is 48.7 Å². The molecule has 10 atom stereocenters. The molecule has 2 saturated heterocycles. The van der Waals surface area contributed by atoms with E-state index < -0.39 is 73.2 Å². The van der Waals surface area contributed by atoms with Gasteiger partial charge in [0, 0.05) is 57.4 Å². The molecule has 2 aromatic heterocycles. The van der Waals surface area contributed by atoms with Crippen LogP contribution >= 0.6 is 0 Å². The molecule has 2 fully saturated rings. The molecule has 4 heterocycles. The number of rotatable bonds is 17. The Labute approximate surface area is 313 Å². The van der Waals surface area contributed by atoms with Crippen molar-refractivity contribution in [3.63, 3.8) is 0 Å². The monoisotopic (exact) mass is 770 g/mol. The number of nitrogens with one attached hydrogen (secondary N) is 1. The standard InChI is InChI=1S/C35H42N6O14/c1-51-28-23(45)26(48)35(55-30(28)33(49)50)54-29-24(46)25(47)34(52-2)53-27(29)21(43)11-7-15-36-22(44)12-6-10-20(42)18-13-14-19(37-16-18)32-40-38-31(39-41-32)17-8-4-3-5-9-17/h3-5,8-9,13-14,16,23-30,34-35,45-48H,6-7,10-12,15H2,1-2H3,(H,36,44)(H,49,50). The van der Waals surface area contributed by atoms with Crippen LogP contribution in [0.1, 0.15) is 42.5 Å². The first-order valence-corrected chi connectivity index (χ1v) is 17.3. The number of aliphatic hydroxyl groups excluding tert-OH is 4. The summed E-state index contributed by atoms with van der Waals surface area (Å²) in [5, 5.41) is 70.8. The zero-order valence-corrected chi connectivity index (χ0v) is 29.8. The van der Waals surface area contributed by atoms with E-state index in [0.717, 1.165) is 12.7 Å². The molecule has 2 aliphatic heterocycles. The summed E-state index contributed by atoms with van der Waals surface area (Å²) in [4.78, 5) is 54.4. The summed E-state index contributed by atoms with van der Waals surface area (Å²) >= 11 is 0. The number of carbonyl (C=O) groups excluding carboxylic acids is 3. The molecule has 55 heavy (non-hydrogen) atoms. The quantitative estimate of drug-likeness (QED) is 0.0697. The second kappa shape index (κ2) is 19.2. The van der Waals surface area contributed by atoms with E-state index >= 15 is 0 Å². The van der Waals surface area contributed by atoms with Crippen molar-refractivity contribution in [3.8, 4) is 22.9 Å². The number of carboxylic acids is 1. The lowest BCUT2D eigenvalue weighted by Gasteiger charge is -2.45. The van der Waals surface area contributed by atoms with Crippen molar-refractivity contribution in [1.29, 1.82) is 0 Å². The first-order chi connectivity index (χ1) is 26.4. The summed E-state index contributed by atoms with van der Waals surface area (Å²) < 4.78 is 26.5. The van der Waals surface area contributed by atoms with Gasteiger partial charge in [0.05, 0.1) is 0 Å². The molecule has 0 radical (unpaired) electrons. The Morgan fingerprint density at radius 2 is 1.38 bits per heavy atom. The smallest absolute Gasteiger partial charge is 0.335 e. The summed E-state index contributed by atoms with van der Waals surface area (Å²) in [6.07, 6.45) is -15.4. The van der Waals surface area contributed by atoms with Gasteiger partial charge in [-0.3, -0.25) is 19.4 Å². The molecule has 0 aliphatic carbocycles. The van der Waals surface area contributed by atoms with Gasteiger partial charge in [-0.05, 0) is 25.0 Å². The maximum Gasteiger partial charge on any atom is 0.335 e. The minimum absolute atomic E-state index is 0.0300. The number of nitrogens with zero attached hydrogens (tertiary/aromatic N) is 5. The van der Waals surface area contributed by atoms with Crippen LogP contribution in [0.3, 0.4) is 0 Å². The Morgan fingerprint density at radius 3 is 2.02 bits per heavy atom. The van der Waals surface area contributed by atoms with Gasteiger partial charge in [-0.1, -0.05) is 30.3 Å². The Bertz CT molecular complexity index is 1750. The van der Waals surface area contributed by atoms with Gasteiger partial charge >= 0.3 is 5.97 Å². The number of amides is 1. The number of aliphatic hydroxyl groups is 4. The van der Waals surface area contributed by atoms with E-state index in [0.29, 0.717) is 17.1 Å². The summed E-state index contributed by atoms with van der Waals surface area (Å²) in [6, 6.07) is 12.4. The Balaban J connectivity index is 1.06. The van der Waals surface area contributed by atoms with Crippen molar-refractivity contribution in [2.24, 2.45) is 0 Å². The number of methoxy groups -OCH3 is 2. The second-order valence-corrected chi connectivity index (χ2v) is 12.7. The molecule has 2 aliphatic rings. The van der Waals surface area contributed by atoms with Crippen LogP contribution in [0.25, 0.3) is 22.9 Å². The molecule has 1 aromatic carbocycles. The largest absolute Gasteiger partial charge is 0.479 e. The lowest BCUT2D eigenvalue weighted by atomic mass is 9.93. The van der Waals surface area contributed by atoms with Crippen LogP contribution in [0, 0.1) is 0 Å². The van der Waals surface area contributed by atoms with Crippen LogP contribution in [0.4, 0.5) is 0 Å². The molecule has 0 spiro atoms. The molecule has 20 nitrogen and oxygen atoms in total. The average Bonchev–Trinajstić information content (AvgIpc) is 3.20. The van der Waals surface area contributed by atoms with Crippen LogP contribution in [0.5, 0.6) is 0 Å². The van der Waals surface area contributed by atoms with Gasteiger partial charge in [0.25, 0.3) is 0 Å². The normalized spacial score (nSPS) is 28.0. The number of carboxylic acid groups (broad SMARTS) is 1. The number of Topliss-reactive ketones (excluding diaryl/α,β-unsaturated/α-hetero) is 2. The van der Waals surface area contributed by atoms with Crippen LogP contribution < -0.4 is 5.32 Å². The average molecular weight is 771 g/mol. The minimum atomic E-state index is -1.87. The summed E-state index contributed by atoms with van der Waals surface area (Å²) in [6.45, 7) is 0.0640. The number of ketones is 2. The Morgan fingerprint density at radius 1 is 0.727 bits per heavy atom. The van der Waals surface area contributed by atoms with E-state index in [1.807, 2.05) is 30.3 Å². The number of pyridine rings is 1. The molecule has 20 heteroatoms. The van der Waals surface area contributed by atoms with Gasteiger partial charge in [0.2, 0.25) is 17.6 Å². The highest BCUT2D eigenvalue weighted by Crippen LogP contribution is 2.31. The summed E-state index contributed by atoms with van der Waals surface area (Å²) in [7, 11) is 2.28. The molecule has 3 aromatic rings. The zero-order chi connectivity index (χ0) is 39.6. The number of benzene rings is 1. The fourth-order valence-corrected chi connectivity index (χ4v) is 6.01. The molecular weight excluding hydrogens is 728 g/mol. The molecule has 0 saturated carbocycles. The van der Waals surface area contributed by atoms with E-state index in [1.165, 1.54) is 13.3 Å². The fraction of sp³-hybridized carbons (Fsp3) is 0.514. The minimum Gasteiger partial charge on any atom is -0.479 e. The van der Waals surface area contributed by atoms with Gasteiger partial charge in [0.15, 0.2) is 30.3 Å². The number of hydrogen-bond acceptors (Lipinski definition) is 18. The van der Waals surface area contributed by atoms with Crippen molar-refractivity contribution in [2.45, 2.75) is 93.5 Å². The molecule has 6 N–H and O–H groups in total. The van der Waals surface area contributed by atoms with Gasteiger partial charge < -0.3 is 54.5 Å². The lowest BCUT2D eigenvalue weighted by molar-refractivity contribution is -0.348. The maximum absolute atomic E-state index is 13.3. The van der Waals surface area contributed by atoms with E-state index in [2.05, 4.69) is 30.7 Å². The number of aromatic nitrogens is 5. The number of ether oxygens (including phenoxy) is 5. The predicted octanol–water partition coefficient (Wildman–Crippen LogP) is -1.16. The molecule has 10 unspecified atom stereocenters. The maximum atomic E-state index is 13.3. The summed E-state index contributed by atoms with van der Waals surface area (Å²) in [5.74, 6) is -2.21. The molecule has 1 amide bonds. The Kier molecular flexibility index (Phi) is 14.5. The van der Waals surface area contributed by atoms with Gasteiger partial charge in [-0.25, -0.2) is 4.79 Å².